The van der Waals surface area contributed by atoms with Crippen LogP contribution in [0.4, 0.5) is 5.95 Å². The van der Waals surface area contributed by atoms with Gasteiger partial charge in [0, 0.05) is 30.4 Å². The highest BCUT2D eigenvalue weighted by atomic mass is 15.3. The Bertz CT molecular complexity index is 1180. The summed E-state index contributed by atoms with van der Waals surface area (Å²) in [6.07, 6.45) is 6.09. The van der Waals surface area contributed by atoms with Gasteiger partial charge in [0.2, 0.25) is 5.95 Å². The fourth-order valence-electron chi connectivity index (χ4n) is 4.14. The molecule has 0 atom stereocenters. The van der Waals surface area contributed by atoms with E-state index in [0.29, 0.717) is 18.0 Å². The third-order valence-corrected chi connectivity index (χ3v) is 5.97. The fraction of sp³-hybridized carbons (Fsp3) is 0.429. The summed E-state index contributed by atoms with van der Waals surface area (Å²) in [5.74, 6) is 1.66. The Morgan fingerprint density at radius 3 is 2.76 bits per heavy atom. The number of rotatable bonds is 5. The van der Waals surface area contributed by atoms with Crippen LogP contribution in [0, 0.1) is 6.92 Å². The van der Waals surface area contributed by atoms with Gasteiger partial charge in [0.15, 0.2) is 5.65 Å². The van der Waals surface area contributed by atoms with Gasteiger partial charge in [-0.3, -0.25) is 0 Å². The van der Waals surface area contributed by atoms with E-state index >= 15 is 0 Å². The monoisotopic (exact) mass is 390 g/mol. The smallest absolute Gasteiger partial charge is 0.241 e. The first kappa shape index (κ1) is 18.1. The molecule has 0 aromatic carbocycles. The average molecular weight is 390 g/mol. The molecule has 0 spiro atoms. The van der Waals surface area contributed by atoms with Crippen molar-refractivity contribution in [2.45, 2.75) is 45.3 Å². The number of nitrogens with zero attached hydrogens (tertiary/aromatic N) is 7. The molecule has 0 radical (unpaired) electrons. The summed E-state index contributed by atoms with van der Waals surface area (Å²) < 4.78 is 4.01. The van der Waals surface area contributed by atoms with Gasteiger partial charge in [0.1, 0.15) is 11.3 Å². The van der Waals surface area contributed by atoms with Crippen LogP contribution in [0.2, 0.25) is 0 Å². The standard InChI is InChI=1S/C21H26N8/c1-5-28-13(2)23-18-7-6-17(25-20(18)28)16-8-9-29-19(16)12-22-21(26-29)24-14-10-15(11-14)27(3)4/h6-9,12,14-15H,5,10-11H2,1-4H3,(H,24,26)/t14-,15-. The topological polar surface area (TPSA) is 76.2 Å². The summed E-state index contributed by atoms with van der Waals surface area (Å²) in [5, 5.41) is 8.10. The lowest BCUT2D eigenvalue weighted by Gasteiger charge is -2.39. The van der Waals surface area contributed by atoms with E-state index in [1.54, 1.807) is 0 Å². The number of aromatic nitrogens is 6. The number of hydrogen-bond acceptors (Lipinski definition) is 6. The van der Waals surface area contributed by atoms with Crippen LogP contribution < -0.4 is 5.32 Å². The summed E-state index contributed by atoms with van der Waals surface area (Å²) in [6.45, 7) is 4.98. The van der Waals surface area contributed by atoms with Gasteiger partial charge in [0.25, 0.3) is 0 Å². The first-order chi connectivity index (χ1) is 14.0. The molecular weight excluding hydrogens is 364 g/mol. The molecule has 0 amide bonds. The van der Waals surface area contributed by atoms with E-state index in [0.717, 1.165) is 53.1 Å². The second-order valence-corrected chi connectivity index (χ2v) is 8.01. The quantitative estimate of drug-likeness (QED) is 0.565. The van der Waals surface area contributed by atoms with E-state index in [9.17, 15) is 0 Å². The molecule has 0 saturated heterocycles. The van der Waals surface area contributed by atoms with Gasteiger partial charge in [-0.25, -0.2) is 19.5 Å². The van der Waals surface area contributed by atoms with Gasteiger partial charge in [-0.15, -0.1) is 5.10 Å². The molecule has 8 heteroatoms. The molecule has 5 rings (SSSR count). The lowest BCUT2D eigenvalue weighted by molar-refractivity contribution is 0.177. The van der Waals surface area contributed by atoms with E-state index in [-0.39, 0.29) is 0 Å². The van der Waals surface area contributed by atoms with Crippen molar-refractivity contribution >= 4 is 22.6 Å². The minimum Gasteiger partial charge on any atom is -0.350 e. The highest BCUT2D eigenvalue weighted by Gasteiger charge is 2.31. The Morgan fingerprint density at radius 2 is 2.00 bits per heavy atom. The molecular formula is C21H26N8. The van der Waals surface area contributed by atoms with Crippen molar-refractivity contribution < 1.29 is 0 Å². The van der Waals surface area contributed by atoms with Crippen LogP contribution >= 0.6 is 0 Å². The molecule has 4 aromatic rings. The Morgan fingerprint density at radius 1 is 1.17 bits per heavy atom. The summed E-state index contributed by atoms with van der Waals surface area (Å²) in [5.41, 5.74) is 4.72. The SMILES string of the molecule is CCn1c(C)nc2ccc(-c3ccn4nc(N[C@H]5C[C@H](N(C)C)C5)ncc34)nc21. The van der Waals surface area contributed by atoms with E-state index in [4.69, 9.17) is 4.98 Å². The van der Waals surface area contributed by atoms with Gasteiger partial charge in [0.05, 0.1) is 17.4 Å². The van der Waals surface area contributed by atoms with Crippen LogP contribution in [-0.4, -0.2) is 60.2 Å². The molecule has 1 fully saturated rings. The maximum Gasteiger partial charge on any atom is 0.241 e. The lowest BCUT2D eigenvalue weighted by Crippen LogP contribution is -2.47. The predicted octanol–water partition coefficient (Wildman–Crippen LogP) is 2.97. The molecule has 4 aromatic heterocycles. The van der Waals surface area contributed by atoms with Crippen molar-refractivity contribution in [1.82, 2.24) is 34.0 Å². The lowest BCUT2D eigenvalue weighted by atomic mass is 9.86. The fourth-order valence-corrected chi connectivity index (χ4v) is 4.14. The van der Waals surface area contributed by atoms with Gasteiger partial charge < -0.3 is 14.8 Å². The molecule has 29 heavy (non-hydrogen) atoms. The van der Waals surface area contributed by atoms with Crippen molar-refractivity contribution in [3.8, 4) is 11.3 Å². The minimum absolute atomic E-state index is 0.441. The molecule has 0 unspecified atom stereocenters. The molecule has 1 aliphatic rings. The highest BCUT2D eigenvalue weighted by molar-refractivity contribution is 5.82. The Balaban J connectivity index is 1.44. The Labute approximate surface area is 169 Å². The summed E-state index contributed by atoms with van der Waals surface area (Å²) in [7, 11) is 4.26. The Kier molecular flexibility index (Phi) is 4.24. The normalized spacial score (nSPS) is 19.2. The third kappa shape index (κ3) is 3.04. The Hall–Kier alpha value is -3.00. The second-order valence-electron chi connectivity index (χ2n) is 8.01. The van der Waals surface area contributed by atoms with Crippen molar-refractivity contribution in [3.05, 3.63) is 36.4 Å². The number of aryl methyl sites for hydroxylation is 2. The zero-order valence-corrected chi connectivity index (χ0v) is 17.3. The first-order valence-electron chi connectivity index (χ1n) is 10.1. The largest absolute Gasteiger partial charge is 0.350 e. The van der Waals surface area contributed by atoms with Gasteiger partial charge >= 0.3 is 0 Å². The van der Waals surface area contributed by atoms with Crippen molar-refractivity contribution in [1.29, 1.82) is 0 Å². The van der Waals surface area contributed by atoms with Crippen molar-refractivity contribution in [2.75, 3.05) is 19.4 Å². The molecule has 4 heterocycles. The third-order valence-electron chi connectivity index (χ3n) is 5.97. The second kappa shape index (κ2) is 6.81. The van der Waals surface area contributed by atoms with Crippen LogP contribution in [0.3, 0.4) is 0 Å². The molecule has 0 aliphatic heterocycles. The van der Waals surface area contributed by atoms with E-state index in [1.165, 1.54) is 0 Å². The molecule has 150 valence electrons. The van der Waals surface area contributed by atoms with Gasteiger partial charge in [-0.05, 0) is 59.0 Å². The predicted molar refractivity (Wildman–Crippen MR) is 114 cm³/mol. The summed E-state index contributed by atoms with van der Waals surface area (Å²) >= 11 is 0. The average Bonchev–Trinajstić information content (AvgIpc) is 3.22. The molecule has 0 bridgehead atoms. The van der Waals surface area contributed by atoms with Crippen LogP contribution in [0.1, 0.15) is 25.6 Å². The number of anilines is 1. The molecule has 1 aliphatic carbocycles. The first-order valence-corrected chi connectivity index (χ1v) is 10.1. The summed E-state index contributed by atoms with van der Waals surface area (Å²) in [4.78, 5) is 16.3. The number of hydrogen-bond donors (Lipinski definition) is 1. The summed E-state index contributed by atoms with van der Waals surface area (Å²) in [6, 6.07) is 7.19. The molecule has 1 N–H and O–H groups in total. The maximum atomic E-state index is 4.89. The van der Waals surface area contributed by atoms with E-state index < -0.39 is 0 Å². The van der Waals surface area contributed by atoms with Crippen molar-refractivity contribution in [2.24, 2.45) is 0 Å². The molecule has 1 saturated carbocycles. The highest BCUT2D eigenvalue weighted by Crippen LogP contribution is 2.28. The van der Waals surface area contributed by atoms with E-state index in [1.807, 2.05) is 42.0 Å². The molecule has 8 nitrogen and oxygen atoms in total. The maximum absolute atomic E-state index is 4.89. The van der Waals surface area contributed by atoms with Crippen LogP contribution in [0.25, 0.3) is 27.9 Å². The number of nitrogens with one attached hydrogen (secondary N) is 1. The van der Waals surface area contributed by atoms with Crippen LogP contribution in [-0.2, 0) is 6.54 Å². The number of imidazole rings is 1. The number of pyridine rings is 1. The van der Waals surface area contributed by atoms with Gasteiger partial charge in [-0.2, -0.15) is 0 Å². The van der Waals surface area contributed by atoms with Crippen LogP contribution in [0.5, 0.6) is 0 Å². The zero-order chi connectivity index (χ0) is 20.1. The van der Waals surface area contributed by atoms with Crippen molar-refractivity contribution in [3.63, 3.8) is 0 Å². The minimum atomic E-state index is 0.441. The zero-order valence-electron chi connectivity index (χ0n) is 17.3. The van der Waals surface area contributed by atoms with Crippen LogP contribution in [0.15, 0.2) is 30.6 Å². The van der Waals surface area contributed by atoms with Gasteiger partial charge in [-0.1, -0.05) is 0 Å². The number of fused-ring (bicyclic) bond motifs is 2. The van der Waals surface area contributed by atoms with E-state index in [2.05, 4.69) is 50.9 Å².